The lowest BCUT2D eigenvalue weighted by molar-refractivity contribution is -0.140. The Kier molecular flexibility index (Phi) is 10.1. The van der Waals surface area contributed by atoms with Crippen LogP contribution in [0.25, 0.3) is 10.1 Å². The summed E-state index contributed by atoms with van der Waals surface area (Å²) < 4.78 is 5.94. The molecular weight excluding hydrogens is 472 g/mol. The quantitative estimate of drug-likeness (QED) is 0.472. The van der Waals surface area contributed by atoms with Gasteiger partial charge in [0.2, 0.25) is 11.8 Å². The molecule has 2 saturated heterocycles. The van der Waals surface area contributed by atoms with Gasteiger partial charge in [-0.25, -0.2) is 0 Å². The van der Waals surface area contributed by atoms with E-state index in [9.17, 15) is 9.59 Å². The molecular formula is C25H37ClN4O3S. The maximum absolute atomic E-state index is 12.6. The van der Waals surface area contributed by atoms with Gasteiger partial charge in [-0.2, -0.15) is 4.37 Å². The highest BCUT2D eigenvalue weighted by Gasteiger charge is 2.47. The van der Waals surface area contributed by atoms with Crippen molar-refractivity contribution in [2.24, 2.45) is 11.8 Å². The van der Waals surface area contributed by atoms with Crippen LogP contribution >= 0.6 is 23.9 Å². The zero-order chi connectivity index (χ0) is 23.2. The molecule has 2 aromatic rings. The van der Waals surface area contributed by atoms with Gasteiger partial charge < -0.3 is 10.0 Å². The van der Waals surface area contributed by atoms with Crippen molar-refractivity contribution in [3.8, 4) is 0 Å². The number of imide groups is 1. The molecule has 1 aromatic heterocycles. The molecule has 0 bridgehead atoms. The van der Waals surface area contributed by atoms with E-state index >= 15 is 0 Å². The second-order valence-corrected chi connectivity index (χ2v) is 9.98. The van der Waals surface area contributed by atoms with Crippen molar-refractivity contribution in [1.29, 1.82) is 0 Å². The number of anilines is 1. The van der Waals surface area contributed by atoms with E-state index in [1.165, 1.54) is 10.1 Å². The highest BCUT2D eigenvalue weighted by atomic mass is 35.5. The molecule has 34 heavy (non-hydrogen) atoms. The number of piperazine rings is 1. The van der Waals surface area contributed by atoms with Crippen LogP contribution in [-0.2, 0) is 9.59 Å². The van der Waals surface area contributed by atoms with E-state index in [1.807, 2.05) is 0 Å². The SMILES string of the molecule is CCO.Cl.O=C1[C@H]2CCCC[C@H]2C(=O)N1CCCCN1CCN(c2nsc3ccccc23)CC1. The lowest BCUT2D eigenvalue weighted by Gasteiger charge is -2.35. The molecule has 3 heterocycles. The Morgan fingerprint density at radius 2 is 1.56 bits per heavy atom. The minimum absolute atomic E-state index is 0. The summed E-state index contributed by atoms with van der Waals surface area (Å²) in [4.78, 5) is 31.6. The Balaban J connectivity index is 0.000000771. The minimum atomic E-state index is -0.0128. The fourth-order valence-corrected chi connectivity index (χ4v) is 6.14. The number of aliphatic hydroxyl groups excluding tert-OH is 1. The second kappa shape index (κ2) is 12.8. The van der Waals surface area contributed by atoms with Crippen LogP contribution in [0.2, 0.25) is 0 Å². The summed E-state index contributed by atoms with van der Waals surface area (Å²) in [6, 6.07) is 8.45. The second-order valence-electron chi connectivity index (χ2n) is 9.18. The van der Waals surface area contributed by atoms with Gasteiger partial charge in [0.25, 0.3) is 0 Å². The summed E-state index contributed by atoms with van der Waals surface area (Å²) in [6.07, 6.45) is 5.95. The molecule has 1 N–H and O–H groups in total. The van der Waals surface area contributed by atoms with Crippen molar-refractivity contribution >= 4 is 51.7 Å². The Morgan fingerprint density at radius 1 is 0.971 bits per heavy atom. The number of likely N-dealkylation sites (tertiary alicyclic amines) is 1. The topological polar surface area (TPSA) is 77.0 Å². The van der Waals surface area contributed by atoms with E-state index in [1.54, 1.807) is 23.4 Å². The Bertz CT molecular complexity index is 923. The lowest BCUT2D eigenvalue weighted by atomic mass is 9.81. The van der Waals surface area contributed by atoms with E-state index in [-0.39, 0.29) is 42.7 Å². The van der Waals surface area contributed by atoms with Gasteiger partial charge in [0.05, 0.1) is 16.5 Å². The number of carbonyl (C=O) groups excluding carboxylic acids is 2. The molecule has 1 saturated carbocycles. The fourth-order valence-electron chi connectivity index (χ4n) is 5.34. The van der Waals surface area contributed by atoms with Gasteiger partial charge in [-0.05, 0) is 62.8 Å². The van der Waals surface area contributed by atoms with Gasteiger partial charge >= 0.3 is 0 Å². The maximum atomic E-state index is 12.6. The lowest BCUT2D eigenvalue weighted by Crippen LogP contribution is -2.46. The fraction of sp³-hybridized carbons (Fsp3) is 0.640. The highest BCUT2D eigenvalue weighted by molar-refractivity contribution is 7.13. The standard InChI is InChI=1S/C23H30N4O2S.C2H6O.ClH/c28-22-17-7-1-2-8-18(17)23(29)27(22)12-6-5-11-25-13-15-26(16-14-25)21-19-9-3-4-10-20(19)30-24-21;1-2-3;/h3-4,9-10,17-18H,1-2,5-8,11-16H2;3H,2H2,1H3;1H/t17-,18+;;. The molecule has 1 aliphatic carbocycles. The Morgan fingerprint density at radius 3 is 2.21 bits per heavy atom. The molecule has 7 nitrogen and oxygen atoms in total. The van der Waals surface area contributed by atoms with Crippen LogP contribution in [-0.4, -0.2) is 77.0 Å². The first-order valence-electron chi connectivity index (χ1n) is 12.4. The monoisotopic (exact) mass is 508 g/mol. The number of rotatable bonds is 6. The summed E-state index contributed by atoms with van der Waals surface area (Å²) in [7, 11) is 0. The summed E-state index contributed by atoms with van der Waals surface area (Å²) in [5.41, 5.74) is 0. The average Bonchev–Trinajstić information content (AvgIpc) is 3.38. The molecule has 2 atom stereocenters. The van der Waals surface area contributed by atoms with Crippen molar-refractivity contribution in [3.63, 3.8) is 0 Å². The van der Waals surface area contributed by atoms with Crippen molar-refractivity contribution in [2.45, 2.75) is 45.4 Å². The number of benzene rings is 1. The van der Waals surface area contributed by atoms with Crippen LogP contribution in [0, 0.1) is 11.8 Å². The number of amides is 2. The van der Waals surface area contributed by atoms with Crippen LogP contribution < -0.4 is 4.90 Å². The first kappa shape index (κ1) is 26.9. The zero-order valence-corrected chi connectivity index (χ0v) is 21.7. The molecule has 0 radical (unpaired) electrons. The van der Waals surface area contributed by atoms with Crippen molar-refractivity contribution < 1.29 is 14.7 Å². The Labute approximate surface area is 212 Å². The van der Waals surface area contributed by atoms with Gasteiger partial charge in [0, 0.05) is 44.7 Å². The number of carbonyl (C=O) groups is 2. The van der Waals surface area contributed by atoms with Crippen LogP contribution in [0.4, 0.5) is 5.82 Å². The van der Waals surface area contributed by atoms with E-state index in [2.05, 4.69) is 38.4 Å². The number of hydrogen-bond donors (Lipinski definition) is 1. The largest absolute Gasteiger partial charge is 0.397 e. The predicted octanol–water partition coefficient (Wildman–Crippen LogP) is 3.79. The van der Waals surface area contributed by atoms with Gasteiger partial charge in [0.1, 0.15) is 5.82 Å². The normalized spacial score (nSPS) is 22.9. The summed E-state index contributed by atoms with van der Waals surface area (Å²) in [5, 5.41) is 8.83. The van der Waals surface area contributed by atoms with Gasteiger partial charge in [0.15, 0.2) is 0 Å². The third-order valence-corrected chi connectivity index (χ3v) is 7.89. The van der Waals surface area contributed by atoms with Gasteiger partial charge in [-0.1, -0.05) is 25.0 Å². The number of unbranched alkanes of at least 4 members (excludes halogenated alkanes) is 1. The first-order chi connectivity index (χ1) is 16.1. The Hall–Kier alpha value is -1.74. The van der Waals surface area contributed by atoms with Crippen molar-refractivity contribution in [1.82, 2.24) is 14.2 Å². The molecule has 1 aromatic carbocycles. The van der Waals surface area contributed by atoms with Crippen molar-refractivity contribution in [3.05, 3.63) is 24.3 Å². The number of nitrogens with zero attached hydrogens (tertiary/aromatic N) is 4. The van der Waals surface area contributed by atoms with E-state index in [0.29, 0.717) is 6.54 Å². The molecule has 5 rings (SSSR count). The molecule has 0 spiro atoms. The zero-order valence-electron chi connectivity index (χ0n) is 20.0. The first-order valence-corrected chi connectivity index (χ1v) is 13.2. The maximum Gasteiger partial charge on any atom is 0.233 e. The van der Waals surface area contributed by atoms with Crippen LogP contribution in [0.1, 0.15) is 45.4 Å². The molecule has 2 amide bonds. The van der Waals surface area contributed by atoms with E-state index < -0.39 is 0 Å². The number of fused-ring (bicyclic) bond motifs is 2. The molecule has 188 valence electrons. The molecule has 3 fully saturated rings. The third kappa shape index (κ3) is 5.90. The van der Waals surface area contributed by atoms with Gasteiger partial charge in [-0.15, -0.1) is 12.4 Å². The predicted molar refractivity (Wildman–Crippen MR) is 140 cm³/mol. The number of aromatic nitrogens is 1. The minimum Gasteiger partial charge on any atom is -0.397 e. The number of halogens is 1. The average molecular weight is 509 g/mol. The summed E-state index contributed by atoms with van der Waals surface area (Å²) in [5.74, 6) is 1.31. The van der Waals surface area contributed by atoms with E-state index in [4.69, 9.17) is 5.11 Å². The number of aliphatic hydroxyl groups is 1. The van der Waals surface area contributed by atoms with E-state index in [0.717, 1.165) is 77.1 Å². The summed E-state index contributed by atoms with van der Waals surface area (Å²) in [6.45, 7) is 7.65. The van der Waals surface area contributed by atoms with Gasteiger partial charge in [-0.3, -0.25) is 19.4 Å². The molecule has 3 aliphatic rings. The smallest absolute Gasteiger partial charge is 0.233 e. The molecule has 2 aliphatic heterocycles. The summed E-state index contributed by atoms with van der Waals surface area (Å²) >= 11 is 1.58. The molecule has 0 unspecified atom stereocenters. The third-order valence-electron chi connectivity index (χ3n) is 7.07. The van der Waals surface area contributed by atoms with Crippen LogP contribution in [0.15, 0.2) is 24.3 Å². The van der Waals surface area contributed by atoms with Crippen molar-refractivity contribution in [2.75, 3.05) is 50.8 Å². The highest BCUT2D eigenvalue weighted by Crippen LogP contribution is 2.38. The van der Waals surface area contributed by atoms with Crippen LogP contribution in [0.3, 0.4) is 0 Å². The van der Waals surface area contributed by atoms with Crippen LogP contribution in [0.5, 0.6) is 0 Å². The number of hydrogen-bond acceptors (Lipinski definition) is 7. The molecule has 9 heteroatoms.